The number of ether oxygens (including phenoxy) is 2. The number of anilines is 1. The summed E-state index contributed by atoms with van der Waals surface area (Å²) in [6, 6.07) is 6.98. The van der Waals surface area contributed by atoms with Gasteiger partial charge in [-0.05, 0) is 62.8 Å². The van der Waals surface area contributed by atoms with Gasteiger partial charge in [0.1, 0.15) is 23.1 Å². The molecular weight excluding hydrogens is 508 g/mol. The molecule has 0 saturated carbocycles. The van der Waals surface area contributed by atoms with Crippen molar-refractivity contribution in [2.75, 3.05) is 5.32 Å². The zero-order valence-electron chi connectivity index (χ0n) is 19.8. The minimum absolute atomic E-state index is 0.0371. The fraction of sp³-hybridized carbons (Fsp3) is 0.360. The number of furan rings is 1. The third-order valence-corrected chi connectivity index (χ3v) is 7.37. The molecule has 0 radical (unpaired) electrons. The van der Waals surface area contributed by atoms with Gasteiger partial charge in [-0.2, -0.15) is 0 Å². The maximum Gasteiger partial charge on any atom is 0.341 e. The van der Waals surface area contributed by atoms with Crippen molar-refractivity contribution in [2.24, 2.45) is 0 Å². The largest absolute Gasteiger partial charge is 0.484 e. The lowest BCUT2D eigenvalue weighted by Crippen LogP contribution is -2.18. The van der Waals surface area contributed by atoms with E-state index in [4.69, 9.17) is 25.5 Å². The number of nitrogens with zero attached hydrogens (tertiary/aromatic N) is 1. The number of esters is 1. The number of nitrogens with one attached hydrogen (secondary N) is 1. The van der Waals surface area contributed by atoms with Crippen LogP contribution in [0.2, 0.25) is 5.02 Å². The first-order valence-electron chi connectivity index (χ1n) is 11.6. The number of amides is 1. The molecule has 9 nitrogen and oxygen atoms in total. The minimum atomic E-state index is -0.549. The Morgan fingerprint density at radius 1 is 1.25 bits per heavy atom. The SMILES string of the molecule is CCC(C)OC(=O)c1c(NC(=O)c2ccc(COc3ccc([N+](=O)[O-])cc3Cl)o2)sc2c1CCCC2. The summed E-state index contributed by atoms with van der Waals surface area (Å²) in [7, 11) is 0. The second-order valence-corrected chi connectivity index (χ2v) is 9.93. The van der Waals surface area contributed by atoms with E-state index in [0.29, 0.717) is 22.7 Å². The van der Waals surface area contributed by atoms with Crippen molar-refractivity contribution in [1.82, 2.24) is 0 Å². The van der Waals surface area contributed by atoms with Crippen molar-refractivity contribution in [2.45, 2.75) is 58.7 Å². The van der Waals surface area contributed by atoms with Crippen LogP contribution < -0.4 is 10.1 Å². The first kappa shape index (κ1) is 25.7. The van der Waals surface area contributed by atoms with Crippen molar-refractivity contribution in [1.29, 1.82) is 0 Å². The van der Waals surface area contributed by atoms with Crippen LogP contribution >= 0.6 is 22.9 Å². The topological polar surface area (TPSA) is 121 Å². The number of carbonyl (C=O) groups excluding carboxylic acids is 2. The second kappa shape index (κ2) is 11.1. The quantitative estimate of drug-likeness (QED) is 0.188. The van der Waals surface area contributed by atoms with Crippen LogP contribution in [0.15, 0.2) is 34.7 Å². The monoisotopic (exact) mass is 532 g/mol. The number of aryl methyl sites for hydroxylation is 1. The van der Waals surface area contributed by atoms with Crippen molar-refractivity contribution in [3.8, 4) is 5.75 Å². The highest BCUT2D eigenvalue weighted by atomic mass is 35.5. The second-order valence-electron chi connectivity index (χ2n) is 8.42. The summed E-state index contributed by atoms with van der Waals surface area (Å²) >= 11 is 7.45. The average molecular weight is 533 g/mol. The zero-order chi connectivity index (χ0) is 25.8. The molecule has 190 valence electrons. The number of benzene rings is 1. The molecule has 0 aliphatic heterocycles. The van der Waals surface area contributed by atoms with E-state index in [1.165, 1.54) is 35.6 Å². The van der Waals surface area contributed by atoms with Crippen LogP contribution in [0.25, 0.3) is 0 Å². The predicted octanol–water partition coefficient (Wildman–Crippen LogP) is 6.57. The van der Waals surface area contributed by atoms with Crippen molar-refractivity contribution in [3.05, 3.63) is 73.0 Å². The highest BCUT2D eigenvalue weighted by Crippen LogP contribution is 2.39. The van der Waals surface area contributed by atoms with Gasteiger partial charge in [-0.15, -0.1) is 11.3 Å². The number of halogens is 1. The van der Waals surface area contributed by atoms with Crippen LogP contribution in [-0.2, 0) is 24.2 Å². The van der Waals surface area contributed by atoms with Crippen LogP contribution in [0.3, 0.4) is 0 Å². The van der Waals surface area contributed by atoms with E-state index in [1.54, 1.807) is 6.07 Å². The number of carbonyl (C=O) groups is 2. The highest BCUT2D eigenvalue weighted by molar-refractivity contribution is 7.17. The van der Waals surface area contributed by atoms with E-state index in [0.717, 1.165) is 36.1 Å². The van der Waals surface area contributed by atoms with E-state index >= 15 is 0 Å². The normalized spacial score (nSPS) is 13.5. The molecule has 1 aliphatic rings. The first-order valence-corrected chi connectivity index (χ1v) is 12.8. The van der Waals surface area contributed by atoms with Crippen LogP contribution in [0.5, 0.6) is 5.75 Å². The fourth-order valence-corrected chi connectivity index (χ4v) is 5.31. The molecule has 36 heavy (non-hydrogen) atoms. The molecule has 2 heterocycles. The lowest BCUT2D eigenvalue weighted by atomic mass is 9.95. The van der Waals surface area contributed by atoms with Gasteiger partial charge in [-0.1, -0.05) is 18.5 Å². The van der Waals surface area contributed by atoms with Crippen LogP contribution in [0, 0.1) is 10.1 Å². The van der Waals surface area contributed by atoms with Gasteiger partial charge in [-0.3, -0.25) is 14.9 Å². The lowest BCUT2D eigenvalue weighted by molar-refractivity contribution is -0.384. The number of non-ortho nitro benzene ring substituents is 1. The number of nitro groups is 1. The zero-order valence-corrected chi connectivity index (χ0v) is 21.4. The summed E-state index contributed by atoms with van der Waals surface area (Å²) in [4.78, 5) is 37.3. The Labute approximate surface area is 216 Å². The Balaban J connectivity index is 1.46. The Morgan fingerprint density at radius 3 is 2.75 bits per heavy atom. The Bertz CT molecular complexity index is 1300. The molecule has 0 bridgehead atoms. The molecule has 3 aromatic rings. The number of hydrogen-bond acceptors (Lipinski definition) is 8. The van der Waals surface area contributed by atoms with E-state index in [2.05, 4.69) is 5.32 Å². The van der Waals surface area contributed by atoms with Gasteiger partial charge < -0.3 is 19.2 Å². The van der Waals surface area contributed by atoms with Crippen LogP contribution in [0.4, 0.5) is 10.7 Å². The number of fused-ring (bicyclic) bond motifs is 1. The molecule has 4 rings (SSSR count). The molecule has 0 saturated heterocycles. The summed E-state index contributed by atoms with van der Waals surface area (Å²) in [6.45, 7) is 3.74. The highest BCUT2D eigenvalue weighted by Gasteiger charge is 2.29. The van der Waals surface area contributed by atoms with E-state index < -0.39 is 16.8 Å². The van der Waals surface area contributed by atoms with Gasteiger partial charge in [0.15, 0.2) is 5.76 Å². The number of hydrogen-bond donors (Lipinski definition) is 1. The first-order chi connectivity index (χ1) is 17.3. The summed E-state index contributed by atoms with van der Waals surface area (Å²) in [5, 5.41) is 14.2. The summed E-state index contributed by atoms with van der Waals surface area (Å²) in [6.07, 6.45) is 4.15. The van der Waals surface area contributed by atoms with Gasteiger partial charge in [0.25, 0.3) is 11.6 Å². The van der Waals surface area contributed by atoms with Crippen LogP contribution in [-0.4, -0.2) is 22.9 Å². The predicted molar refractivity (Wildman–Crippen MR) is 135 cm³/mol. The van der Waals surface area contributed by atoms with Gasteiger partial charge in [0, 0.05) is 17.0 Å². The molecule has 0 spiro atoms. The molecule has 1 N–H and O–H groups in total. The smallest absolute Gasteiger partial charge is 0.341 e. The van der Waals surface area contributed by atoms with E-state index in [1.807, 2.05) is 13.8 Å². The number of nitro benzene ring substituents is 1. The molecule has 11 heteroatoms. The molecule has 1 atom stereocenters. The van der Waals surface area contributed by atoms with E-state index in [-0.39, 0.29) is 34.9 Å². The maximum atomic E-state index is 12.9. The van der Waals surface area contributed by atoms with Crippen molar-refractivity contribution >= 4 is 45.5 Å². The Hall–Kier alpha value is -3.37. The van der Waals surface area contributed by atoms with E-state index in [9.17, 15) is 19.7 Å². The maximum absolute atomic E-state index is 12.9. The Kier molecular flexibility index (Phi) is 7.95. The van der Waals surface area contributed by atoms with Crippen molar-refractivity contribution < 1.29 is 28.4 Å². The van der Waals surface area contributed by atoms with Gasteiger partial charge in [0.2, 0.25) is 0 Å². The fourth-order valence-electron chi connectivity index (χ4n) is 3.81. The standard InChI is InChI=1S/C25H25ClN2O7S/c1-3-14(2)34-25(30)22-17-6-4-5-7-21(17)36-24(22)27-23(29)20-11-9-16(35-20)13-33-19-10-8-15(28(31)32)12-18(19)26/h8-12,14H,3-7,13H2,1-2H3,(H,27,29). The van der Waals surface area contributed by atoms with Crippen molar-refractivity contribution in [3.63, 3.8) is 0 Å². The summed E-state index contributed by atoms with van der Waals surface area (Å²) < 4.78 is 16.8. The molecular formula is C25H25ClN2O7S. The summed E-state index contributed by atoms with van der Waals surface area (Å²) in [5.74, 6) is -0.260. The molecule has 1 amide bonds. The molecule has 1 aromatic carbocycles. The van der Waals surface area contributed by atoms with Gasteiger partial charge in [-0.25, -0.2) is 4.79 Å². The average Bonchev–Trinajstić information content (AvgIpc) is 3.47. The number of thiophene rings is 1. The molecule has 1 unspecified atom stereocenters. The lowest BCUT2D eigenvalue weighted by Gasteiger charge is -2.15. The molecule has 2 aromatic heterocycles. The number of rotatable bonds is 9. The van der Waals surface area contributed by atoms with Gasteiger partial charge >= 0.3 is 5.97 Å². The van der Waals surface area contributed by atoms with Gasteiger partial charge in [0.05, 0.1) is 21.6 Å². The Morgan fingerprint density at radius 2 is 2.03 bits per heavy atom. The van der Waals surface area contributed by atoms with Crippen LogP contribution in [0.1, 0.15) is 70.2 Å². The third kappa shape index (κ3) is 5.71. The molecule has 1 aliphatic carbocycles. The minimum Gasteiger partial charge on any atom is -0.484 e. The molecule has 0 fully saturated rings. The summed E-state index contributed by atoms with van der Waals surface area (Å²) in [5.41, 5.74) is 1.25. The third-order valence-electron chi connectivity index (χ3n) is 5.87.